The maximum atomic E-state index is 6.03. The van der Waals surface area contributed by atoms with Crippen LogP contribution in [-0.2, 0) is 6.42 Å². The molecule has 0 saturated carbocycles. The maximum absolute atomic E-state index is 6.03. The van der Waals surface area contributed by atoms with Crippen molar-refractivity contribution in [2.45, 2.75) is 6.42 Å². The molecule has 2 heterocycles. The number of methoxy groups -OCH3 is 2. The third kappa shape index (κ3) is 3.34. The molecule has 0 unspecified atom stereocenters. The van der Waals surface area contributed by atoms with Gasteiger partial charge in [-0.15, -0.1) is 10.2 Å². The van der Waals surface area contributed by atoms with E-state index in [0.717, 1.165) is 6.42 Å². The van der Waals surface area contributed by atoms with E-state index in [1.54, 1.807) is 26.6 Å². The Hall–Kier alpha value is -3.61. The van der Waals surface area contributed by atoms with Crippen LogP contribution in [0.2, 0.25) is 0 Å². The second-order valence-electron chi connectivity index (χ2n) is 6.08. The SMILES string of the molecule is COc1cccc(OC)c1-c1nnc2cncc(OCCc3ccccc3)n12. The van der Waals surface area contributed by atoms with E-state index in [1.165, 1.54) is 5.56 Å². The minimum absolute atomic E-state index is 0.505. The van der Waals surface area contributed by atoms with Gasteiger partial charge in [-0.25, -0.2) is 4.40 Å². The first-order valence-electron chi connectivity index (χ1n) is 8.89. The lowest BCUT2D eigenvalue weighted by Gasteiger charge is -2.13. The van der Waals surface area contributed by atoms with Crippen LogP contribution in [-0.4, -0.2) is 40.4 Å². The average Bonchev–Trinajstić information content (AvgIpc) is 3.18. The number of aromatic nitrogens is 4. The molecule has 0 spiro atoms. The van der Waals surface area contributed by atoms with Gasteiger partial charge in [-0.2, -0.15) is 0 Å². The van der Waals surface area contributed by atoms with Crippen LogP contribution in [0.4, 0.5) is 0 Å². The molecular formula is C21H20N4O3. The molecule has 2 aromatic heterocycles. The van der Waals surface area contributed by atoms with Gasteiger partial charge >= 0.3 is 0 Å². The number of nitrogens with zero attached hydrogens (tertiary/aromatic N) is 4. The van der Waals surface area contributed by atoms with Crippen LogP contribution in [0, 0.1) is 0 Å². The summed E-state index contributed by atoms with van der Waals surface area (Å²) in [4.78, 5) is 4.22. The Labute approximate surface area is 162 Å². The molecule has 0 aliphatic rings. The zero-order chi connectivity index (χ0) is 19.3. The lowest BCUT2D eigenvalue weighted by molar-refractivity contribution is 0.304. The van der Waals surface area contributed by atoms with Crippen molar-refractivity contribution in [3.05, 3.63) is 66.5 Å². The Bertz CT molecular complexity index is 1060. The molecular weight excluding hydrogens is 356 g/mol. The van der Waals surface area contributed by atoms with Crippen molar-refractivity contribution in [3.8, 4) is 28.8 Å². The number of rotatable bonds is 7. The van der Waals surface area contributed by atoms with Crippen molar-refractivity contribution in [2.24, 2.45) is 0 Å². The Kier molecular flexibility index (Phi) is 5.05. The van der Waals surface area contributed by atoms with Crippen LogP contribution in [0.5, 0.6) is 17.4 Å². The van der Waals surface area contributed by atoms with Gasteiger partial charge < -0.3 is 14.2 Å². The van der Waals surface area contributed by atoms with Gasteiger partial charge in [-0.1, -0.05) is 36.4 Å². The zero-order valence-corrected chi connectivity index (χ0v) is 15.7. The molecule has 0 fully saturated rings. The fourth-order valence-electron chi connectivity index (χ4n) is 3.08. The summed E-state index contributed by atoms with van der Waals surface area (Å²) in [5.41, 5.74) is 2.50. The molecule has 0 aliphatic carbocycles. The van der Waals surface area contributed by atoms with Gasteiger partial charge in [0, 0.05) is 6.42 Å². The lowest BCUT2D eigenvalue weighted by Crippen LogP contribution is -2.06. The number of ether oxygens (including phenoxy) is 3. The van der Waals surface area contributed by atoms with Gasteiger partial charge in [-0.3, -0.25) is 4.98 Å². The summed E-state index contributed by atoms with van der Waals surface area (Å²) in [6.45, 7) is 0.505. The second-order valence-corrected chi connectivity index (χ2v) is 6.08. The number of benzene rings is 2. The molecule has 0 saturated heterocycles. The van der Waals surface area contributed by atoms with Crippen LogP contribution in [0.1, 0.15) is 5.56 Å². The van der Waals surface area contributed by atoms with Gasteiger partial charge in [0.1, 0.15) is 17.1 Å². The summed E-state index contributed by atoms with van der Waals surface area (Å²) < 4.78 is 18.9. The van der Waals surface area contributed by atoms with Gasteiger partial charge in [-0.05, 0) is 17.7 Å². The van der Waals surface area contributed by atoms with Crippen LogP contribution in [0.3, 0.4) is 0 Å². The zero-order valence-electron chi connectivity index (χ0n) is 15.7. The highest BCUT2D eigenvalue weighted by molar-refractivity contribution is 5.74. The molecule has 0 radical (unpaired) electrons. The van der Waals surface area contributed by atoms with Crippen molar-refractivity contribution in [3.63, 3.8) is 0 Å². The van der Waals surface area contributed by atoms with Crippen LogP contribution in [0.15, 0.2) is 60.9 Å². The van der Waals surface area contributed by atoms with E-state index in [4.69, 9.17) is 14.2 Å². The highest BCUT2D eigenvalue weighted by Crippen LogP contribution is 2.38. The monoisotopic (exact) mass is 376 g/mol. The van der Waals surface area contributed by atoms with Crippen molar-refractivity contribution >= 4 is 5.65 Å². The first kappa shape index (κ1) is 17.8. The van der Waals surface area contributed by atoms with Crippen molar-refractivity contribution in [2.75, 3.05) is 20.8 Å². The van der Waals surface area contributed by atoms with E-state index >= 15 is 0 Å². The van der Waals surface area contributed by atoms with Gasteiger partial charge in [0.15, 0.2) is 11.5 Å². The smallest absolute Gasteiger partial charge is 0.220 e. The van der Waals surface area contributed by atoms with E-state index in [1.807, 2.05) is 40.8 Å². The molecule has 2 aromatic carbocycles. The fourth-order valence-corrected chi connectivity index (χ4v) is 3.08. The summed E-state index contributed by atoms with van der Waals surface area (Å²) in [6, 6.07) is 15.8. The van der Waals surface area contributed by atoms with Gasteiger partial charge in [0.05, 0.1) is 33.2 Å². The van der Waals surface area contributed by atoms with Crippen molar-refractivity contribution < 1.29 is 14.2 Å². The van der Waals surface area contributed by atoms with E-state index in [9.17, 15) is 0 Å². The topological polar surface area (TPSA) is 70.8 Å². The Morgan fingerprint density at radius 1 is 0.857 bits per heavy atom. The van der Waals surface area contributed by atoms with Crippen LogP contribution < -0.4 is 14.2 Å². The highest BCUT2D eigenvalue weighted by atomic mass is 16.5. The molecule has 4 rings (SSSR count). The van der Waals surface area contributed by atoms with Gasteiger partial charge in [0.2, 0.25) is 5.88 Å². The fraction of sp³-hybridized carbons (Fsp3) is 0.190. The normalized spacial score (nSPS) is 10.8. The summed E-state index contributed by atoms with van der Waals surface area (Å²) in [7, 11) is 3.22. The Morgan fingerprint density at radius 2 is 1.61 bits per heavy atom. The van der Waals surface area contributed by atoms with E-state index in [2.05, 4.69) is 27.3 Å². The first-order valence-corrected chi connectivity index (χ1v) is 8.89. The third-order valence-corrected chi connectivity index (χ3v) is 4.42. The molecule has 0 atom stereocenters. The van der Waals surface area contributed by atoms with Crippen molar-refractivity contribution in [1.29, 1.82) is 0 Å². The predicted octanol–water partition coefficient (Wildman–Crippen LogP) is 3.43. The quantitative estimate of drug-likeness (QED) is 0.492. The highest BCUT2D eigenvalue weighted by Gasteiger charge is 2.20. The van der Waals surface area contributed by atoms with Crippen LogP contribution >= 0.6 is 0 Å². The van der Waals surface area contributed by atoms with E-state index in [-0.39, 0.29) is 0 Å². The molecule has 0 amide bonds. The Morgan fingerprint density at radius 3 is 2.32 bits per heavy atom. The first-order chi connectivity index (χ1) is 13.8. The van der Waals surface area contributed by atoms with Crippen LogP contribution in [0.25, 0.3) is 17.0 Å². The van der Waals surface area contributed by atoms with E-state index < -0.39 is 0 Å². The predicted molar refractivity (Wildman–Crippen MR) is 105 cm³/mol. The largest absolute Gasteiger partial charge is 0.496 e. The molecule has 0 bridgehead atoms. The third-order valence-electron chi connectivity index (χ3n) is 4.42. The molecule has 0 N–H and O–H groups in total. The summed E-state index contributed by atoms with van der Waals surface area (Å²) >= 11 is 0. The molecule has 7 nitrogen and oxygen atoms in total. The Balaban J connectivity index is 1.72. The average molecular weight is 376 g/mol. The summed E-state index contributed by atoms with van der Waals surface area (Å²) in [5.74, 6) is 2.41. The lowest BCUT2D eigenvalue weighted by atomic mass is 10.1. The summed E-state index contributed by atoms with van der Waals surface area (Å²) in [5, 5.41) is 8.57. The minimum atomic E-state index is 0.505. The standard InChI is InChI=1S/C21H20N4O3/c1-26-16-9-6-10-17(27-2)20(16)21-24-23-18-13-22-14-19(25(18)21)28-12-11-15-7-4-3-5-8-15/h3-10,13-14H,11-12H2,1-2H3. The number of fused-ring (bicyclic) bond motifs is 1. The number of hydrogen-bond acceptors (Lipinski definition) is 6. The summed E-state index contributed by atoms with van der Waals surface area (Å²) in [6.07, 6.45) is 4.09. The molecule has 7 heteroatoms. The molecule has 142 valence electrons. The molecule has 0 aliphatic heterocycles. The molecule has 4 aromatic rings. The maximum Gasteiger partial charge on any atom is 0.220 e. The minimum Gasteiger partial charge on any atom is -0.496 e. The van der Waals surface area contributed by atoms with E-state index in [0.29, 0.717) is 41.0 Å². The van der Waals surface area contributed by atoms with Gasteiger partial charge in [0.25, 0.3) is 0 Å². The van der Waals surface area contributed by atoms with Crippen molar-refractivity contribution in [1.82, 2.24) is 19.6 Å². The second kappa shape index (κ2) is 7.96. The molecule has 28 heavy (non-hydrogen) atoms. The number of hydrogen-bond donors (Lipinski definition) is 0.